The zero-order valence-electron chi connectivity index (χ0n) is 7.05. The summed E-state index contributed by atoms with van der Waals surface area (Å²) in [5.41, 5.74) is 2.64. The molecule has 0 aliphatic carbocycles. The molecule has 0 radical (unpaired) electrons. The van der Waals surface area contributed by atoms with Gasteiger partial charge in [-0.05, 0) is 12.3 Å². The highest BCUT2D eigenvalue weighted by Crippen LogP contribution is 2.07. The predicted molar refractivity (Wildman–Crippen MR) is 43.3 cm³/mol. The molecule has 0 heterocycles. The summed E-state index contributed by atoms with van der Waals surface area (Å²) in [5, 5.41) is 0. The van der Waals surface area contributed by atoms with Gasteiger partial charge in [0, 0.05) is 6.20 Å². The van der Waals surface area contributed by atoms with Gasteiger partial charge in [-0.3, -0.25) is 10.3 Å². The van der Waals surface area contributed by atoms with Crippen LogP contribution in [0.4, 0.5) is 0 Å². The Hall–Kier alpha value is -0.500. The van der Waals surface area contributed by atoms with Crippen LogP contribution >= 0.6 is 0 Å². The molecule has 0 aliphatic heterocycles. The average Bonchev–Trinajstić information content (AvgIpc) is 1.89. The van der Waals surface area contributed by atoms with Crippen LogP contribution in [-0.4, -0.2) is 6.10 Å². The zero-order chi connectivity index (χ0) is 7.98. The first-order valence-electron chi connectivity index (χ1n) is 3.74. The topological polar surface area (TPSA) is 21.3 Å². The molecule has 0 amide bonds. The molecule has 10 heavy (non-hydrogen) atoms. The van der Waals surface area contributed by atoms with E-state index in [0.717, 1.165) is 6.42 Å². The van der Waals surface area contributed by atoms with E-state index in [0.29, 0.717) is 5.92 Å². The molecule has 0 saturated heterocycles. The third-order valence-corrected chi connectivity index (χ3v) is 1.45. The molecule has 0 aliphatic rings. The van der Waals surface area contributed by atoms with E-state index in [9.17, 15) is 0 Å². The van der Waals surface area contributed by atoms with Gasteiger partial charge in [-0.1, -0.05) is 27.4 Å². The molecular formula is C8H17NO. The predicted octanol–water partition coefficient (Wildman–Crippen LogP) is 2.09. The Morgan fingerprint density at radius 3 is 2.50 bits per heavy atom. The highest BCUT2D eigenvalue weighted by atomic mass is 16.7. The molecule has 0 aromatic carbocycles. The summed E-state index contributed by atoms with van der Waals surface area (Å²) >= 11 is 0. The van der Waals surface area contributed by atoms with E-state index in [4.69, 9.17) is 4.84 Å². The molecular weight excluding hydrogens is 126 g/mol. The van der Waals surface area contributed by atoms with Crippen molar-refractivity contribution in [2.45, 2.75) is 33.3 Å². The van der Waals surface area contributed by atoms with E-state index < -0.39 is 0 Å². The molecule has 2 nitrogen and oxygen atoms in total. The summed E-state index contributed by atoms with van der Waals surface area (Å²) in [6, 6.07) is 0. The van der Waals surface area contributed by atoms with Crippen molar-refractivity contribution >= 4 is 0 Å². The van der Waals surface area contributed by atoms with Crippen LogP contribution in [0.5, 0.6) is 0 Å². The van der Waals surface area contributed by atoms with Crippen molar-refractivity contribution in [3.8, 4) is 0 Å². The van der Waals surface area contributed by atoms with Crippen LogP contribution in [0, 0.1) is 5.92 Å². The molecule has 0 aromatic rings. The highest BCUT2D eigenvalue weighted by molar-refractivity contribution is 4.61. The van der Waals surface area contributed by atoms with E-state index in [1.807, 2.05) is 0 Å². The molecule has 1 N–H and O–H groups in total. The Morgan fingerprint density at radius 1 is 1.60 bits per heavy atom. The summed E-state index contributed by atoms with van der Waals surface area (Å²) in [6.07, 6.45) is 2.86. The van der Waals surface area contributed by atoms with Gasteiger partial charge in [0.05, 0.1) is 6.10 Å². The van der Waals surface area contributed by atoms with Gasteiger partial charge in [0.2, 0.25) is 0 Å². The maximum Gasteiger partial charge on any atom is 0.0873 e. The van der Waals surface area contributed by atoms with Crippen molar-refractivity contribution in [1.82, 2.24) is 5.48 Å². The van der Waals surface area contributed by atoms with Gasteiger partial charge in [0.15, 0.2) is 0 Å². The second kappa shape index (κ2) is 5.30. The monoisotopic (exact) mass is 143 g/mol. The molecule has 2 heteroatoms. The van der Waals surface area contributed by atoms with Gasteiger partial charge in [-0.25, -0.2) is 0 Å². The lowest BCUT2D eigenvalue weighted by Crippen LogP contribution is -2.24. The Balaban J connectivity index is 3.49. The molecule has 60 valence electrons. The maximum atomic E-state index is 5.23. The molecule has 0 fully saturated rings. The van der Waals surface area contributed by atoms with Gasteiger partial charge >= 0.3 is 0 Å². The zero-order valence-corrected chi connectivity index (χ0v) is 7.05. The summed E-state index contributed by atoms with van der Waals surface area (Å²) in [5.74, 6) is 0.553. The Kier molecular flexibility index (Phi) is 5.03. The maximum absolute atomic E-state index is 5.23. The van der Waals surface area contributed by atoms with Crippen molar-refractivity contribution in [2.75, 3.05) is 0 Å². The van der Waals surface area contributed by atoms with E-state index in [1.165, 1.54) is 0 Å². The van der Waals surface area contributed by atoms with E-state index >= 15 is 0 Å². The van der Waals surface area contributed by atoms with Crippen LogP contribution in [0.1, 0.15) is 27.2 Å². The van der Waals surface area contributed by atoms with Crippen molar-refractivity contribution < 1.29 is 4.84 Å². The van der Waals surface area contributed by atoms with E-state index in [2.05, 4.69) is 32.8 Å². The van der Waals surface area contributed by atoms with Crippen LogP contribution in [0.25, 0.3) is 0 Å². The second-order valence-electron chi connectivity index (χ2n) is 2.63. The summed E-state index contributed by atoms with van der Waals surface area (Å²) < 4.78 is 0. The summed E-state index contributed by atoms with van der Waals surface area (Å²) in [7, 11) is 0. The highest BCUT2D eigenvalue weighted by Gasteiger charge is 2.10. The lowest BCUT2D eigenvalue weighted by molar-refractivity contribution is -0.0284. The molecule has 0 saturated carbocycles. The van der Waals surface area contributed by atoms with Crippen LogP contribution in [-0.2, 0) is 4.84 Å². The summed E-state index contributed by atoms with van der Waals surface area (Å²) in [6.45, 7) is 9.87. The minimum Gasteiger partial charge on any atom is -0.275 e. The van der Waals surface area contributed by atoms with E-state index in [1.54, 1.807) is 6.20 Å². The Morgan fingerprint density at radius 2 is 2.20 bits per heavy atom. The minimum atomic E-state index is 0.290. The minimum absolute atomic E-state index is 0.290. The fourth-order valence-electron chi connectivity index (χ4n) is 0.826. The quantitative estimate of drug-likeness (QED) is 0.595. The normalized spacial score (nSPS) is 13.2. The van der Waals surface area contributed by atoms with Gasteiger partial charge in [0.1, 0.15) is 0 Å². The largest absolute Gasteiger partial charge is 0.275 e. The van der Waals surface area contributed by atoms with E-state index in [-0.39, 0.29) is 6.10 Å². The lowest BCUT2D eigenvalue weighted by atomic mass is 10.1. The van der Waals surface area contributed by atoms with Crippen molar-refractivity contribution in [3.05, 3.63) is 12.8 Å². The Bertz CT molecular complexity index is 91.3. The Labute approximate surface area is 63.2 Å². The van der Waals surface area contributed by atoms with Gasteiger partial charge in [-0.2, -0.15) is 0 Å². The van der Waals surface area contributed by atoms with Gasteiger partial charge < -0.3 is 0 Å². The lowest BCUT2D eigenvalue weighted by Gasteiger charge is -2.18. The van der Waals surface area contributed by atoms with Crippen LogP contribution in [0.3, 0.4) is 0 Å². The molecule has 0 aromatic heterocycles. The average molecular weight is 143 g/mol. The van der Waals surface area contributed by atoms with Crippen molar-refractivity contribution in [3.63, 3.8) is 0 Å². The first-order valence-corrected chi connectivity index (χ1v) is 3.74. The van der Waals surface area contributed by atoms with Crippen molar-refractivity contribution in [1.29, 1.82) is 0 Å². The molecule has 0 rings (SSSR count). The first-order chi connectivity index (χ1) is 4.72. The van der Waals surface area contributed by atoms with Gasteiger partial charge in [0.25, 0.3) is 0 Å². The van der Waals surface area contributed by atoms with Gasteiger partial charge in [-0.15, -0.1) is 0 Å². The molecule has 1 atom stereocenters. The van der Waals surface area contributed by atoms with Crippen molar-refractivity contribution in [2.24, 2.45) is 5.92 Å². The number of hydrogen-bond donors (Lipinski definition) is 1. The van der Waals surface area contributed by atoms with Crippen LogP contribution < -0.4 is 5.48 Å². The molecule has 1 unspecified atom stereocenters. The first kappa shape index (κ1) is 9.50. The number of rotatable bonds is 5. The SMILES string of the molecule is C=CNOC(CC)C(C)C. The molecule has 0 spiro atoms. The number of hydroxylamine groups is 1. The van der Waals surface area contributed by atoms with Crippen LogP contribution in [0.15, 0.2) is 12.8 Å². The number of nitrogens with one attached hydrogen (secondary N) is 1. The third kappa shape index (κ3) is 3.51. The fourth-order valence-corrected chi connectivity index (χ4v) is 0.826. The fraction of sp³-hybridized carbons (Fsp3) is 0.750. The standard InChI is InChI=1S/C8H17NO/c1-5-8(7(3)4)10-9-6-2/h6-9H,2,5H2,1,3-4H3. The number of hydrogen-bond acceptors (Lipinski definition) is 2. The second-order valence-corrected chi connectivity index (χ2v) is 2.63. The molecule has 0 bridgehead atoms. The smallest absolute Gasteiger partial charge is 0.0873 e. The summed E-state index contributed by atoms with van der Waals surface area (Å²) in [4.78, 5) is 5.23. The van der Waals surface area contributed by atoms with Crippen LogP contribution in [0.2, 0.25) is 0 Å². The third-order valence-electron chi connectivity index (χ3n) is 1.45.